The van der Waals surface area contributed by atoms with Crippen molar-refractivity contribution in [3.05, 3.63) is 96.5 Å². The van der Waals surface area contributed by atoms with E-state index in [1.165, 1.54) is 11.1 Å². The number of ether oxygens (including phenoxy) is 1. The van der Waals surface area contributed by atoms with Crippen LogP contribution in [0.25, 0.3) is 6.08 Å². The van der Waals surface area contributed by atoms with Crippen molar-refractivity contribution >= 4 is 56.2 Å². The molecule has 3 rings (SSSR count). The first-order valence-electron chi connectivity index (χ1n) is 10.1. The summed E-state index contributed by atoms with van der Waals surface area (Å²) in [4.78, 5) is 12.6. The van der Waals surface area contributed by atoms with Crippen LogP contribution < -0.4 is 10.1 Å². The summed E-state index contributed by atoms with van der Waals surface area (Å²) in [7, 11) is 0. The summed E-state index contributed by atoms with van der Waals surface area (Å²) < 4.78 is 7.64. The number of nitrogens with one attached hydrogen (secondary N) is 1. The van der Waals surface area contributed by atoms with Crippen LogP contribution in [0.5, 0.6) is 5.75 Å². The molecule has 0 aromatic heterocycles. The Morgan fingerprint density at radius 1 is 1.12 bits per heavy atom. The number of nitrogens with zero attached hydrogens (tertiary/aromatic N) is 1. The summed E-state index contributed by atoms with van der Waals surface area (Å²) in [6.45, 7) is 4.57. The second kappa shape index (κ2) is 11.3. The van der Waals surface area contributed by atoms with Gasteiger partial charge in [0.05, 0.1) is 8.04 Å². The Morgan fingerprint density at radius 2 is 1.78 bits per heavy atom. The van der Waals surface area contributed by atoms with Crippen LogP contribution in [0.1, 0.15) is 29.2 Å². The molecule has 0 saturated heterocycles. The lowest BCUT2D eigenvalue weighted by atomic mass is 10.1. The van der Waals surface area contributed by atoms with Crippen LogP contribution >= 0.6 is 38.5 Å². The second-order valence-electron chi connectivity index (χ2n) is 7.26. The van der Waals surface area contributed by atoms with Crippen molar-refractivity contribution in [2.45, 2.75) is 26.9 Å². The van der Waals surface area contributed by atoms with Gasteiger partial charge in [-0.05, 0) is 98.9 Å². The van der Waals surface area contributed by atoms with E-state index in [0.717, 1.165) is 31.3 Å². The lowest BCUT2D eigenvalue weighted by Crippen LogP contribution is -2.13. The Hall–Kier alpha value is -2.63. The molecule has 0 atom stereocenters. The molecular weight excluding hydrogens is 579 g/mol. The maximum Gasteiger partial charge on any atom is 0.266 e. The van der Waals surface area contributed by atoms with E-state index in [4.69, 9.17) is 4.74 Å². The zero-order valence-electron chi connectivity index (χ0n) is 17.8. The molecule has 0 fully saturated rings. The molecule has 1 amide bonds. The SMILES string of the molecule is CCc1ccc(NC(=O)/C(C#N)=C/c2cc(Br)c(OCc3ccc(C)cc3)c(I)c2)cc1. The minimum Gasteiger partial charge on any atom is -0.487 e. The fourth-order valence-corrected chi connectivity index (χ4v) is 4.75. The first kappa shape index (κ1) is 24.0. The second-order valence-corrected chi connectivity index (χ2v) is 9.28. The van der Waals surface area contributed by atoms with Crippen LogP contribution in [-0.4, -0.2) is 5.91 Å². The van der Waals surface area contributed by atoms with Crippen LogP contribution in [0.15, 0.2) is 70.7 Å². The smallest absolute Gasteiger partial charge is 0.266 e. The fourth-order valence-electron chi connectivity index (χ4n) is 2.98. The van der Waals surface area contributed by atoms with Crippen LogP contribution in [0.4, 0.5) is 5.69 Å². The van der Waals surface area contributed by atoms with E-state index in [2.05, 4.69) is 62.9 Å². The summed E-state index contributed by atoms with van der Waals surface area (Å²) in [6.07, 6.45) is 2.50. The average Bonchev–Trinajstić information content (AvgIpc) is 2.78. The zero-order valence-corrected chi connectivity index (χ0v) is 21.5. The van der Waals surface area contributed by atoms with Gasteiger partial charge in [-0.25, -0.2) is 0 Å². The van der Waals surface area contributed by atoms with Gasteiger partial charge in [-0.15, -0.1) is 0 Å². The molecule has 1 N–H and O–H groups in total. The third-order valence-electron chi connectivity index (χ3n) is 4.82. The monoisotopic (exact) mass is 600 g/mol. The topological polar surface area (TPSA) is 62.1 Å². The van der Waals surface area contributed by atoms with Gasteiger partial charge < -0.3 is 10.1 Å². The summed E-state index contributed by atoms with van der Waals surface area (Å²) in [5.41, 5.74) is 4.89. The summed E-state index contributed by atoms with van der Waals surface area (Å²) in [5, 5.41) is 12.3. The Kier molecular flexibility index (Phi) is 8.48. The fraction of sp³-hybridized carbons (Fsp3) is 0.154. The van der Waals surface area contributed by atoms with E-state index in [9.17, 15) is 10.1 Å². The van der Waals surface area contributed by atoms with E-state index in [-0.39, 0.29) is 5.57 Å². The third kappa shape index (κ3) is 6.44. The predicted molar refractivity (Wildman–Crippen MR) is 140 cm³/mol. The number of carbonyl (C=O) groups is 1. The molecule has 162 valence electrons. The van der Waals surface area contributed by atoms with Gasteiger partial charge in [0.2, 0.25) is 0 Å². The normalized spacial score (nSPS) is 11.0. The number of amides is 1. The van der Waals surface area contributed by atoms with E-state index >= 15 is 0 Å². The molecule has 3 aromatic rings. The van der Waals surface area contributed by atoms with Gasteiger partial charge in [0.15, 0.2) is 0 Å². The van der Waals surface area contributed by atoms with Crippen LogP contribution in [0.3, 0.4) is 0 Å². The Labute approximate surface area is 210 Å². The van der Waals surface area contributed by atoms with Crippen molar-refractivity contribution in [3.8, 4) is 11.8 Å². The minimum absolute atomic E-state index is 0.0283. The maximum absolute atomic E-state index is 12.6. The molecule has 0 aliphatic rings. The number of halogens is 2. The highest BCUT2D eigenvalue weighted by molar-refractivity contribution is 14.1. The zero-order chi connectivity index (χ0) is 23.1. The molecule has 0 aliphatic heterocycles. The van der Waals surface area contributed by atoms with Crippen molar-refractivity contribution in [3.63, 3.8) is 0 Å². The highest BCUT2D eigenvalue weighted by Gasteiger charge is 2.13. The molecule has 0 unspecified atom stereocenters. The van der Waals surface area contributed by atoms with Gasteiger partial charge in [0.1, 0.15) is 24.0 Å². The molecule has 3 aromatic carbocycles. The summed E-state index contributed by atoms with van der Waals surface area (Å²) in [5.74, 6) is 0.282. The van der Waals surface area contributed by atoms with Crippen LogP contribution in [-0.2, 0) is 17.8 Å². The number of anilines is 1. The highest BCUT2D eigenvalue weighted by Crippen LogP contribution is 2.33. The molecular formula is C26H22BrIN2O2. The van der Waals surface area contributed by atoms with Crippen molar-refractivity contribution in [1.82, 2.24) is 0 Å². The Morgan fingerprint density at radius 3 is 2.38 bits per heavy atom. The molecule has 6 heteroatoms. The lowest BCUT2D eigenvalue weighted by Gasteiger charge is -2.12. The average molecular weight is 601 g/mol. The van der Waals surface area contributed by atoms with Crippen molar-refractivity contribution in [1.29, 1.82) is 5.26 Å². The number of carbonyl (C=O) groups excluding carboxylic acids is 1. The van der Waals surface area contributed by atoms with Gasteiger partial charge in [0, 0.05) is 5.69 Å². The van der Waals surface area contributed by atoms with Crippen molar-refractivity contribution in [2.75, 3.05) is 5.32 Å². The first-order chi connectivity index (χ1) is 15.4. The highest BCUT2D eigenvalue weighted by atomic mass is 127. The number of rotatable bonds is 7. The first-order valence-corrected chi connectivity index (χ1v) is 12.0. The number of nitriles is 1. The Bertz CT molecular complexity index is 1160. The van der Waals surface area contributed by atoms with Crippen molar-refractivity contribution in [2.24, 2.45) is 0 Å². The lowest BCUT2D eigenvalue weighted by molar-refractivity contribution is -0.112. The van der Waals surface area contributed by atoms with Gasteiger partial charge in [0.25, 0.3) is 5.91 Å². The summed E-state index contributed by atoms with van der Waals surface area (Å²) in [6, 6.07) is 21.5. The van der Waals surface area contributed by atoms with Crippen molar-refractivity contribution < 1.29 is 9.53 Å². The molecule has 0 saturated carbocycles. The molecule has 0 bridgehead atoms. The van der Waals surface area contributed by atoms with Gasteiger partial charge >= 0.3 is 0 Å². The Balaban J connectivity index is 1.74. The van der Waals surface area contributed by atoms with Gasteiger partial charge in [-0.3, -0.25) is 4.79 Å². The molecule has 0 aliphatic carbocycles. The van der Waals surface area contributed by atoms with E-state index in [0.29, 0.717) is 12.3 Å². The number of hydrogen-bond donors (Lipinski definition) is 1. The number of hydrogen-bond acceptors (Lipinski definition) is 3. The van der Waals surface area contributed by atoms with Gasteiger partial charge in [-0.2, -0.15) is 5.26 Å². The number of benzene rings is 3. The summed E-state index contributed by atoms with van der Waals surface area (Å²) >= 11 is 5.75. The predicted octanol–water partition coefficient (Wildman–Crippen LogP) is 7.05. The quantitative estimate of drug-likeness (QED) is 0.180. The minimum atomic E-state index is -0.442. The molecule has 32 heavy (non-hydrogen) atoms. The largest absolute Gasteiger partial charge is 0.487 e. The molecule has 0 spiro atoms. The van der Waals surface area contributed by atoms with Crippen LogP contribution in [0, 0.1) is 21.8 Å². The van der Waals surface area contributed by atoms with E-state index in [1.807, 2.05) is 61.5 Å². The van der Waals surface area contributed by atoms with E-state index < -0.39 is 5.91 Å². The standard InChI is InChI=1S/C26H22BrIN2O2/c1-3-18-8-10-22(11-9-18)30-26(31)21(15-29)12-20-13-23(27)25(24(28)14-20)32-16-19-6-4-17(2)5-7-19/h4-14H,3,16H2,1-2H3,(H,30,31)/b21-12+. The van der Waals surface area contributed by atoms with Gasteiger partial charge in [-0.1, -0.05) is 48.9 Å². The third-order valence-corrected chi connectivity index (χ3v) is 6.21. The molecule has 0 radical (unpaired) electrons. The number of aryl methyl sites for hydroxylation is 2. The molecule has 0 heterocycles. The van der Waals surface area contributed by atoms with E-state index in [1.54, 1.807) is 6.08 Å². The maximum atomic E-state index is 12.6. The molecule has 4 nitrogen and oxygen atoms in total. The van der Waals surface area contributed by atoms with Crippen LogP contribution in [0.2, 0.25) is 0 Å².